The molecule has 2 aromatic heterocycles. The van der Waals surface area contributed by atoms with Crippen molar-refractivity contribution in [3.8, 4) is 17.5 Å². The van der Waals surface area contributed by atoms with Crippen LogP contribution >= 0.6 is 0 Å². The van der Waals surface area contributed by atoms with Crippen LogP contribution in [0.15, 0.2) is 24.3 Å². The van der Waals surface area contributed by atoms with Gasteiger partial charge in [0.2, 0.25) is 5.91 Å². The van der Waals surface area contributed by atoms with E-state index in [1.165, 1.54) is 5.56 Å². The van der Waals surface area contributed by atoms with Gasteiger partial charge in [-0.15, -0.1) is 0 Å². The van der Waals surface area contributed by atoms with E-state index in [2.05, 4.69) is 39.4 Å². The molecule has 1 saturated carbocycles. The van der Waals surface area contributed by atoms with Crippen LogP contribution in [0.5, 0.6) is 0 Å². The molecule has 1 unspecified atom stereocenters. The maximum absolute atomic E-state index is 13.2. The van der Waals surface area contributed by atoms with Crippen LogP contribution in [0.2, 0.25) is 0 Å². The Morgan fingerprint density at radius 2 is 2.09 bits per heavy atom. The van der Waals surface area contributed by atoms with Gasteiger partial charge in [0.1, 0.15) is 5.69 Å². The molecule has 0 saturated heterocycles. The highest BCUT2D eigenvalue weighted by molar-refractivity contribution is 5.96. The van der Waals surface area contributed by atoms with Crippen molar-refractivity contribution in [1.82, 2.24) is 15.2 Å². The van der Waals surface area contributed by atoms with Crippen molar-refractivity contribution in [2.24, 2.45) is 11.3 Å². The molecule has 0 bridgehead atoms. The summed E-state index contributed by atoms with van der Waals surface area (Å²) in [7, 11) is 1.78. The number of rotatable bonds is 6. The van der Waals surface area contributed by atoms with Crippen molar-refractivity contribution < 1.29 is 9.53 Å². The van der Waals surface area contributed by atoms with Crippen LogP contribution in [0.25, 0.3) is 22.3 Å². The molecule has 1 amide bonds. The number of hydrogen-bond acceptors (Lipinski definition) is 4. The minimum atomic E-state index is -0.328. The van der Waals surface area contributed by atoms with E-state index in [1.807, 2.05) is 24.8 Å². The summed E-state index contributed by atoms with van der Waals surface area (Å²) in [5.41, 5.74) is 5.78. The molecule has 0 aliphatic heterocycles. The van der Waals surface area contributed by atoms with Crippen LogP contribution in [0.4, 0.5) is 5.69 Å². The third kappa shape index (κ3) is 4.60. The minimum Gasteiger partial charge on any atom is -0.381 e. The van der Waals surface area contributed by atoms with Crippen molar-refractivity contribution in [1.29, 1.82) is 5.26 Å². The zero-order valence-electron chi connectivity index (χ0n) is 21.0. The number of methoxy groups -OCH3 is 1. The first-order chi connectivity index (χ1) is 16.9. The predicted molar refractivity (Wildman–Crippen MR) is 137 cm³/mol. The van der Waals surface area contributed by atoms with Gasteiger partial charge < -0.3 is 14.6 Å². The number of benzene rings is 1. The van der Waals surface area contributed by atoms with Gasteiger partial charge in [-0.2, -0.15) is 10.4 Å². The van der Waals surface area contributed by atoms with E-state index >= 15 is 0 Å². The number of ether oxygens (including phenoxy) is 1. The summed E-state index contributed by atoms with van der Waals surface area (Å²) in [4.78, 5) is 18.6. The molecule has 0 radical (unpaired) electrons. The number of nitrogens with zero attached hydrogens (tertiary/aromatic N) is 3. The van der Waals surface area contributed by atoms with Crippen LogP contribution in [-0.4, -0.2) is 40.8 Å². The number of carbonyl (C=O) groups is 1. The van der Waals surface area contributed by atoms with E-state index in [9.17, 15) is 10.1 Å². The Hall–Kier alpha value is -3.11. The molecule has 184 valence electrons. The summed E-state index contributed by atoms with van der Waals surface area (Å²) in [6, 6.07) is 10.8. The SMILES string of the molecule is CCN(C(=O)CC1CCC(OC)CC1)c1ccc2cc(-c3n[nH]c4c3CCC(C)(C#N)C4)[nH]c2c1. The summed E-state index contributed by atoms with van der Waals surface area (Å²) < 4.78 is 5.48. The Morgan fingerprint density at radius 3 is 2.80 bits per heavy atom. The molecule has 3 aromatic rings. The fourth-order valence-corrected chi connectivity index (χ4v) is 5.86. The van der Waals surface area contributed by atoms with Gasteiger partial charge in [-0.25, -0.2) is 0 Å². The smallest absolute Gasteiger partial charge is 0.227 e. The summed E-state index contributed by atoms with van der Waals surface area (Å²) in [5, 5.41) is 18.4. The Labute approximate surface area is 206 Å². The molecule has 2 aliphatic rings. The van der Waals surface area contributed by atoms with Crippen molar-refractivity contribution in [2.75, 3.05) is 18.6 Å². The van der Waals surface area contributed by atoms with Crippen LogP contribution in [0, 0.1) is 22.7 Å². The zero-order valence-corrected chi connectivity index (χ0v) is 21.0. The van der Waals surface area contributed by atoms with Gasteiger partial charge in [0.15, 0.2) is 0 Å². The second-order valence-corrected chi connectivity index (χ2v) is 10.6. The number of aromatic nitrogens is 3. The highest BCUT2D eigenvalue weighted by atomic mass is 16.5. The summed E-state index contributed by atoms with van der Waals surface area (Å²) in [6.45, 7) is 4.71. The van der Waals surface area contributed by atoms with Crippen molar-refractivity contribution >= 4 is 22.5 Å². The maximum Gasteiger partial charge on any atom is 0.227 e. The van der Waals surface area contributed by atoms with Gasteiger partial charge in [0.05, 0.1) is 23.3 Å². The van der Waals surface area contributed by atoms with Gasteiger partial charge in [0.25, 0.3) is 0 Å². The van der Waals surface area contributed by atoms with Crippen LogP contribution < -0.4 is 4.90 Å². The van der Waals surface area contributed by atoms with E-state index in [4.69, 9.17) is 4.74 Å². The second kappa shape index (κ2) is 9.50. The van der Waals surface area contributed by atoms with Gasteiger partial charge in [-0.1, -0.05) is 6.07 Å². The Morgan fingerprint density at radius 1 is 1.29 bits per heavy atom. The molecular weight excluding hydrogens is 438 g/mol. The molecule has 7 heteroatoms. The number of aromatic amines is 2. The van der Waals surface area contributed by atoms with Crippen molar-refractivity contribution in [3.63, 3.8) is 0 Å². The molecular formula is C28H35N5O2. The zero-order chi connectivity index (χ0) is 24.6. The van der Waals surface area contributed by atoms with E-state index in [-0.39, 0.29) is 11.3 Å². The summed E-state index contributed by atoms with van der Waals surface area (Å²) in [6.07, 6.45) is 7.55. The average Bonchev–Trinajstić information content (AvgIpc) is 3.48. The Kier molecular flexibility index (Phi) is 6.41. The molecule has 1 atom stereocenters. The van der Waals surface area contributed by atoms with E-state index in [0.717, 1.165) is 72.2 Å². The highest BCUT2D eigenvalue weighted by Gasteiger charge is 2.33. The monoisotopic (exact) mass is 473 g/mol. The first-order valence-electron chi connectivity index (χ1n) is 12.9. The largest absolute Gasteiger partial charge is 0.381 e. The van der Waals surface area contributed by atoms with E-state index < -0.39 is 0 Å². The lowest BCUT2D eigenvalue weighted by molar-refractivity contribution is -0.119. The number of amides is 1. The fourth-order valence-electron chi connectivity index (χ4n) is 5.86. The highest BCUT2D eigenvalue weighted by Crippen LogP contribution is 2.38. The predicted octanol–water partition coefficient (Wildman–Crippen LogP) is 5.52. The van der Waals surface area contributed by atoms with Gasteiger partial charge in [-0.3, -0.25) is 9.89 Å². The normalized spacial score (nSPS) is 24.2. The molecule has 2 N–H and O–H groups in total. The molecule has 5 rings (SSSR count). The van der Waals surface area contributed by atoms with Crippen LogP contribution in [0.3, 0.4) is 0 Å². The molecule has 35 heavy (non-hydrogen) atoms. The number of nitriles is 1. The lowest BCUT2D eigenvalue weighted by atomic mass is 9.76. The minimum absolute atomic E-state index is 0.196. The molecule has 2 heterocycles. The number of hydrogen-bond donors (Lipinski definition) is 2. The molecule has 7 nitrogen and oxygen atoms in total. The first-order valence-corrected chi connectivity index (χ1v) is 12.9. The summed E-state index contributed by atoms with van der Waals surface area (Å²) >= 11 is 0. The molecule has 0 spiro atoms. The van der Waals surface area contributed by atoms with Crippen LogP contribution in [0.1, 0.15) is 63.6 Å². The number of fused-ring (bicyclic) bond motifs is 2. The Balaban J connectivity index is 1.34. The maximum atomic E-state index is 13.2. The molecule has 1 fully saturated rings. The molecule has 2 aliphatic carbocycles. The number of H-pyrrole nitrogens is 2. The first kappa shape index (κ1) is 23.6. The third-order valence-electron chi connectivity index (χ3n) is 8.10. The molecule has 1 aromatic carbocycles. The van der Waals surface area contributed by atoms with Gasteiger partial charge in [-0.05, 0) is 76.5 Å². The number of carbonyl (C=O) groups excluding carboxylic acids is 1. The van der Waals surface area contributed by atoms with Crippen LogP contribution in [-0.2, 0) is 22.4 Å². The van der Waals surface area contributed by atoms with E-state index in [0.29, 0.717) is 31.4 Å². The summed E-state index contributed by atoms with van der Waals surface area (Å²) in [5.74, 6) is 0.638. The average molecular weight is 474 g/mol. The standard InChI is InChI=1S/C28H35N5O2/c1-4-33(26(34)13-18-5-9-21(35-3)10-6-18)20-8-7-19-14-24(30-23(19)15-20)27-22-11-12-28(2,17-29)16-25(22)31-32-27/h7-8,14-15,18,21,30H,4-6,9-13,16H2,1-3H3,(H,31,32). The Bertz CT molecular complexity index is 1260. The topological polar surface area (TPSA) is 97.8 Å². The quantitative estimate of drug-likeness (QED) is 0.492. The van der Waals surface area contributed by atoms with Crippen molar-refractivity contribution in [2.45, 2.75) is 71.3 Å². The lowest BCUT2D eigenvalue weighted by Gasteiger charge is -2.29. The number of nitrogens with one attached hydrogen (secondary N) is 2. The second-order valence-electron chi connectivity index (χ2n) is 10.6. The fraction of sp³-hybridized carbons (Fsp3) is 0.536. The third-order valence-corrected chi connectivity index (χ3v) is 8.10. The lowest BCUT2D eigenvalue weighted by Crippen LogP contribution is -2.33. The van der Waals surface area contributed by atoms with E-state index in [1.54, 1.807) is 7.11 Å². The number of anilines is 1. The van der Waals surface area contributed by atoms with Crippen molar-refractivity contribution in [3.05, 3.63) is 35.5 Å². The van der Waals surface area contributed by atoms with Gasteiger partial charge in [0, 0.05) is 54.3 Å². The van der Waals surface area contributed by atoms with Gasteiger partial charge >= 0.3 is 0 Å².